The zero-order valence-electron chi connectivity index (χ0n) is 8.87. The Hall–Kier alpha value is -0.120. The van der Waals surface area contributed by atoms with E-state index in [1.54, 1.807) is 7.11 Å². The molecule has 0 radical (unpaired) electrons. The number of rotatable bonds is 4. The number of hydrogen-bond donors (Lipinski definition) is 1. The molecule has 2 rings (SSSR count). The van der Waals surface area contributed by atoms with E-state index in [4.69, 9.17) is 9.47 Å². The molecule has 0 aromatic rings. The molecule has 1 heterocycles. The highest BCUT2D eigenvalue weighted by Crippen LogP contribution is 2.48. The van der Waals surface area contributed by atoms with E-state index < -0.39 is 0 Å². The molecule has 2 fully saturated rings. The third-order valence-corrected chi connectivity index (χ3v) is 3.71. The van der Waals surface area contributed by atoms with Crippen LogP contribution in [-0.4, -0.2) is 37.1 Å². The molecule has 1 N–H and O–H groups in total. The van der Waals surface area contributed by atoms with Crippen molar-refractivity contribution in [1.82, 2.24) is 0 Å². The normalized spacial score (nSPS) is 38.6. The molecule has 1 saturated carbocycles. The molecule has 82 valence electrons. The molecule has 14 heavy (non-hydrogen) atoms. The van der Waals surface area contributed by atoms with Crippen LogP contribution in [0.5, 0.6) is 0 Å². The summed E-state index contributed by atoms with van der Waals surface area (Å²) in [5, 5.41) is 9.43. The number of methoxy groups -OCH3 is 1. The minimum absolute atomic E-state index is 0.139. The molecule has 0 spiro atoms. The Balaban J connectivity index is 1.92. The van der Waals surface area contributed by atoms with Gasteiger partial charge in [0.15, 0.2) is 0 Å². The summed E-state index contributed by atoms with van der Waals surface area (Å²) in [6.07, 6.45) is 6.47. The number of aliphatic hydroxyl groups excluding tert-OH is 1. The van der Waals surface area contributed by atoms with Crippen molar-refractivity contribution in [1.29, 1.82) is 0 Å². The molecule has 3 nitrogen and oxygen atoms in total. The molecule has 0 bridgehead atoms. The van der Waals surface area contributed by atoms with Crippen LogP contribution in [0, 0.1) is 5.92 Å². The molecule has 2 atom stereocenters. The largest absolute Gasteiger partial charge is 0.393 e. The number of hydrogen-bond acceptors (Lipinski definition) is 3. The smallest absolute Gasteiger partial charge is 0.123 e. The van der Waals surface area contributed by atoms with E-state index in [0.717, 1.165) is 0 Å². The van der Waals surface area contributed by atoms with Crippen LogP contribution < -0.4 is 0 Å². The van der Waals surface area contributed by atoms with Crippen LogP contribution >= 0.6 is 0 Å². The molecule has 0 aromatic heterocycles. The van der Waals surface area contributed by atoms with Crippen molar-refractivity contribution in [3.63, 3.8) is 0 Å². The molecule has 1 saturated heterocycles. The second-order valence-corrected chi connectivity index (χ2v) is 4.51. The van der Waals surface area contributed by atoms with Gasteiger partial charge in [-0.05, 0) is 18.8 Å². The van der Waals surface area contributed by atoms with Crippen molar-refractivity contribution < 1.29 is 14.6 Å². The highest BCUT2D eigenvalue weighted by atomic mass is 16.6. The van der Waals surface area contributed by atoms with E-state index >= 15 is 0 Å². The zero-order chi connectivity index (χ0) is 10.0. The molecular weight excluding hydrogens is 180 g/mol. The molecule has 0 aromatic carbocycles. The maximum Gasteiger partial charge on any atom is 0.123 e. The van der Waals surface area contributed by atoms with Gasteiger partial charge in [0.1, 0.15) is 11.7 Å². The zero-order valence-corrected chi connectivity index (χ0v) is 8.87. The number of aliphatic hydroxyl groups is 1. The molecule has 2 unspecified atom stereocenters. The second-order valence-electron chi connectivity index (χ2n) is 4.51. The molecule has 3 heteroatoms. The molecule has 1 aliphatic heterocycles. The fraction of sp³-hybridized carbons (Fsp3) is 1.00. The van der Waals surface area contributed by atoms with Gasteiger partial charge in [0.25, 0.3) is 0 Å². The molecule has 0 amide bonds. The minimum Gasteiger partial charge on any atom is -0.393 e. The van der Waals surface area contributed by atoms with Gasteiger partial charge >= 0.3 is 0 Å². The third-order valence-electron chi connectivity index (χ3n) is 3.71. The SMILES string of the molecule is COCC1OC1(CO)C1CCCCC1. The van der Waals surface area contributed by atoms with Gasteiger partial charge in [0.2, 0.25) is 0 Å². The average Bonchev–Trinajstić information content (AvgIpc) is 2.95. The Labute approximate surface area is 85.4 Å². The van der Waals surface area contributed by atoms with E-state index in [1.807, 2.05) is 0 Å². The van der Waals surface area contributed by atoms with Crippen LogP contribution in [-0.2, 0) is 9.47 Å². The van der Waals surface area contributed by atoms with E-state index in [2.05, 4.69) is 0 Å². The summed E-state index contributed by atoms with van der Waals surface area (Å²) >= 11 is 0. The van der Waals surface area contributed by atoms with Gasteiger partial charge in [-0.3, -0.25) is 0 Å². The maximum absolute atomic E-state index is 9.43. The van der Waals surface area contributed by atoms with Crippen LogP contribution in [0.15, 0.2) is 0 Å². The Kier molecular flexibility index (Phi) is 3.10. The average molecular weight is 200 g/mol. The first kappa shape index (κ1) is 10.4. The van der Waals surface area contributed by atoms with Crippen molar-refractivity contribution in [3.05, 3.63) is 0 Å². The fourth-order valence-corrected chi connectivity index (χ4v) is 2.78. The lowest BCUT2D eigenvalue weighted by Gasteiger charge is -2.27. The number of ether oxygens (including phenoxy) is 2. The Morgan fingerprint density at radius 1 is 1.36 bits per heavy atom. The quantitative estimate of drug-likeness (QED) is 0.696. The van der Waals surface area contributed by atoms with Crippen molar-refractivity contribution in [2.24, 2.45) is 5.92 Å². The summed E-state index contributed by atoms with van der Waals surface area (Å²) in [7, 11) is 1.69. The van der Waals surface area contributed by atoms with E-state index in [-0.39, 0.29) is 18.3 Å². The standard InChI is InChI=1S/C11H20O3/c1-13-7-10-11(8-12,14-10)9-5-3-2-4-6-9/h9-10,12H,2-8H2,1H3. The van der Waals surface area contributed by atoms with E-state index in [1.165, 1.54) is 32.1 Å². The molecule has 1 aliphatic carbocycles. The first-order chi connectivity index (χ1) is 6.83. The maximum atomic E-state index is 9.43. The predicted molar refractivity (Wildman–Crippen MR) is 53.1 cm³/mol. The summed E-state index contributed by atoms with van der Waals surface area (Å²) in [6.45, 7) is 0.781. The number of epoxide rings is 1. The van der Waals surface area contributed by atoms with Gasteiger partial charge in [-0.15, -0.1) is 0 Å². The van der Waals surface area contributed by atoms with E-state index in [9.17, 15) is 5.11 Å². The van der Waals surface area contributed by atoms with Crippen LogP contribution in [0.2, 0.25) is 0 Å². The Bertz CT molecular complexity index is 189. The summed E-state index contributed by atoms with van der Waals surface area (Å²) in [5.41, 5.74) is -0.240. The topological polar surface area (TPSA) is 42.0 Å². The van der Waals surface area contributed by atoms with Crippen LogP contribution in [0.25, 0.3) is 0 Å². The monoisotopic (exact) mass is 200 g/mol. The predicted octanol–water partition coefficient (Wildman–Crippen LogP) is 1.34. The first-order valence-corrected chi connectivity index (χ1v) is 5.61. The lowest BCUT2D eigenvalue weighted by atomic mass is 9.78. The summed E-state index contributed by atoms with van der Waals surface area (Å²) in [5.74, 6) is 0.557. The van der Waals surface area contributed by atoms with Crippen LogP contribution in [0.1, 0.15) is 32.1 Å². The lowest BCUT2D eigenvalue weighted by molar-refractivity contribution is 0.100. The first-order valence-electron chi connectivity index (χ1n) is 5.61. The van der Waals surface area contributed by atoms with Crippen molar-refractivity contribution in [2.45, 2.75) is 43.8 Å². The Morgan fingerprint density at radius 3 is 2.64 bits per heavy atom. The highest BCUT2D eigenvalue weighted by Gasteiger charge is 2.60. The second kappa shape index (κ2) is 4.17. The fourth-order valence-electron chi connectivity index (χ4n) is 2.78. The van der Waals surface area contributed by atoms with Crippen molar-refractivity contribution in [2.75, 3.05) is 20.3 Å². The Morgan fingerprint density at radius 2 is 2.07 bits per heavy atom. The lowest BCUT2D eigenvalue weighted by Crippen LogP contribution is -2.33. The summed E-state index contributed by atoms with van der Waals surface area (Å²) < 4.78 is 10.7. The molecular formula is C11H20O3. The summed E-state index contributed by atoms with van der Waals surface area (Å²) in [6, 6.07) is 0. The van der Waals surface area contributed by atoms with Gasteiger partial charge in [-0.2, -0.15) is 0 Å². The van der Waals surface area contributed by atoms with Gasteiger partial charge in [-0.1, -0.05) is 19.3 Å². The summed E-state index contributed by atoms with van der Waals surface area (Å²) in [4.78, 5) is 0. The highest BCUT2D eigenvalue weighted by molar-refractivity contribution is 5.07. The van der Waals surface area contributed by atoms with Crippen LogP contribution in [0.3, 0.4) is 0 Å². The van der Waals surface area contributed by atoms with Gasteiger partial charge in [0.05, 0.1) is 13.2 Å². The van der Waals surface area contributed by atoms with Gasteiger partial charge in [-0.25, -0.2) is 0 Å². The van der Waals surface area contributed by atoms with Crippen molar-refractivity contribution in [3.8, 4) is 0 Å². The third kappa shape index (κ3) is 1.69. The van der Waals surface area contributed by atoms with E-state index in [0.29, 0.717) is 12.5 Å². The molecule has 2 aliphatic rings. The van der Waals surface area contributed by atoms with Crippen LogP contribution in [0.4, 0.5) is 0 Å². The van der Waals surface area contributed by atoms with Gasteiger partial charge in [0, 0.05) is 7.11 Å². The van der Waals surface area contributed by atoms with Crippen molar-refractivity contribution >= 4 is 0 Å². The van der Waals surface area contributed by atoms with Gasteiger partial charge < -0.3 is 14.6 Å². The minimum atomic E-state index is -0.240.